The summed E-state index contributed by atoms with van der Waals surface area (Å²) in [6.07, 6.45) is 5.11. The van der Waals surface area contributed by atoms with E-state index >= 15 is 0 Å². The van der Waals surface area contributed by atoms with Crippen molar-refractivity contribution in [2.45, 2.75) is 37.8 Å². The molecule has 2 bridgehead atoms. The van der Waals surface area contributed by atoms with Crippen LogP contribution >= 0.6 is 11.6 Å². The molecule has 2 saturated heterocycles. The maximum absolute atomic E-state index is 9.38. The summed E-state index contributed by atoms with van der Waals surface area (Å²) in [5, 5.41) is 18.4. The molecule has 0 aromatic carbocycles. The van der Waals surface area contributed by atoms with E-state index in [2.05, 4.69) is 18.0 Å². The molecular formula is C12H14ClN3. The Morgan fingerprint density at radius 2 is 1.94 bits per heavy atom. The van der Waals surface area contributed by atoms with E-state index in [1.54, 1.807) is 0 Å². The molecule has 4 heteroatoms. The van der Waals surface area contributed by atoms with E-state index in [9.17, 15) is 5.26 Å². The average molecular weight is 236 g/mol. The van der Waals surface area contributed by atoms with Crippen LogP contribution in [-0.2, 0) is 0 Å². The zero-order chi connectivity index (χ0) is 11.8. The number of rotatable bonds is 1. The number of halogens is 1. The van der Waals surface area contributed by atoms with Crippen molar-refractivity contribution in [1.82, 2.24) is 4.90 Å². The predicted octanol–water partition coefficient (Wildman–Crippen LogP) is 2.40. The van der Waals surface area contributed by atoms with Gasteiger partial charge in [0.15, 0.2) is 0 Å². The number of nitrogens with zero attached hydrogens (tertiary/aromatic N) is 3. The van der Waals surface area contributed by atoms with E-state index in [0.29, 0.717) is 17.1 Å². The van der Waals surface area contributed by atoms with E-state index < -0.39 is 5.41 Å². The monoisotopic (exact) mass is 235 g/mol. The third-order valence-corrected chi connectivity index (χ3v) is 4.49. The molecule has 2 aliphatic heterocycles. The minimum absolute atomic E-state index is 0.419. The van der Waals surface area contributed by atoms with Gasteiger partial charge in [0.2, 0.25) is 0 Å². The minimum atomic E-state index is -0.615. The molecule has 2 aliphatic rings. The van der Waals surface area contributed by atoms with Gasteiger partial charge in [-0.2, -0.15) is 10.5 Å². The first-order valence-corrected chi connectivity index (χ1v) is 5.90. The molecule has 2 heterocycles. The lowest BCUT2D eigenvalue weighted by Crippen LogP contribution is -2.45. The summed E-state index contributed by atoms with van der Waals surface area (Å²) in [7, 11) is 2.12. The van der Waals surface area contributed by atoms with Gasteiger partial charge in [-0.3, -0.25) is 0 Å². The Morgan fingerprint density at radius 1 is 1.38 bits per heavy atom. The molecule has 2 fully saturated rings. The molecule has 2 rings (SSSR count). The number of piperidine rings is 1. The molecule has 0 aromatic rings. The lowest BCUT2D eigenvalue weighted by atomic mass is 9.75. The SMILES string of the molecule is CN1C2CCC1CC(C#N)(/C(Cl)=C/C#N)C2. The van der Waals surface area contributed by atoms with Crippen LogP contribution < -0.4 is 0 Å². The first-order valence-electron chi connectivity index (χ1n) is 5.52. The number of hydrogen-bond acceptors (Lipinski definition) is 3. The zero-order valence-corrected chi connectivity index (χ0v) is 10.0. The van der Waals surface area contributed by atoms with Gasteiger partial charge in [0, 0.05) is 23.2 Å². The second kappa shape index (κ2) is 4.09. The van der Waals surface area contributed by atoms with Gasteiger partial charge in [0.25, 0.3) is 0 Å². The molecule has 2 atom stereocenters. The van der Waals surface area contributed by atoms with E-state index in [4.69, 9.17) is 16.9 Å². The summed E-state index contributed by atoms with van der Waals surface area (Å²) in [6, 6.07) is 5.16. The van der Waals surface area contributed by atoms with Crippen LogP contribution in [0.1, 0.15) is 25.7 Å². The summed E-state index contributed by atoms with van der Waals surface area (Å²) < 4.78 is 0. The Hall–Kier alpha value is -1.03. The van der Waals surface area contributed by atoms with E-state index in [-0.39, 0.29) is 0 Å². The van der Waals surface area contributed by atoms with E-state index in [1.165, 1.54) is 6.08 Å². The Morgan fingerprint density at radius 3 is 2.38 bits per heavy atom. The molecule has 16 heavy (non-hydrogen) atoms. The fraction of sp³-hybridized carbons (Fsp3) is 0.667. The third-order valence-electron chi connectivity index (χ3n) is 4.02. The fourth-order valence-electron chi connectivity index (χ4n) is 3.00. The van der Waals surface area contributed by atoms with Crippen LogP contribution in [0.5, 0.6) is 0 Å². The number of nitriles is 2. The average Bonchev–Trinajstić information content (AvgIpc) is 2.54. The van der Waals surface area contributed by atoms with Gasteiger partial charge in [-0.15, -0.1) is 0 Å². The number of hydrogen-bond donors (Lipinski definition) is 0. The minimum Gasteiger partial charge on any atom is -0.300 e. The van der Waals surface area contributed by atoms with Crippen LogP contribution in [0.4, 0.5) is 0 Å². The third kappa shape index (κ3) is 1.61. The summed E-state index contributed by atoms with van der Waals surface area (Å²) in [6.45, 7) is 0. The second-order valence-electron chi connectivity index (χ2n) is 4.77. The van der Waals surface area contributed by atoms with Crippen LogP contribution in [0, 0.1) is 28.1 Å². The first kappa shape index (κ1) is 11.5. The molecular weight excluding hydrogens is 222 g/mol. The van der Waals surface area contributed by atoms with Crippen molar-refractivity contribution in [1.29, 1.82) is 10.5 Å². The van der Waals surface area contributed by atoms with Gasteiger partial charge < -0.3 is 4.90 Å². The molecule has 0 aliphatic carbocycles. The van der Waals surface area contributed by atoms with Gasteiger partial charge in [-0.05, 0) is 32.7 Å². The van der Waals surface area contributed by atoms with Gasteiger partial charge in [-0.25, -0.2) is 0 Å². The van der Waals surface area contributed by atoms with Crippen LogP contribution in [-0.4, -0.2) is 24.0 Å². The van der Waals surface area contributed by atoms with Crippen molar-refractivity contribution in [2.24, 2.45) is 5.41 Å². The van der Waals surface area contributed by atoms with E-state index in [1.807, 2.05) is 6.07 Å². The highest BCUT2D eigenvalue weighted by molar-refractivity contribution is 6.30. The standard InChI is InChI=1S/C12H14ClN3/c1-16-9-2-3-10(16)7-12(6-9,8-15)11(13)4-5-14/h4,9-10H,2-3,6-7H2,1H3/b11-4-. The Bertz CT molecular complexity index is 387. The highest BCUT2D eigenvalue weighted by Crippen LogP contribution is 2.49. The molecule has 0 amide bonds. The lowest BCUT2D eigenvalue weighted by Gasteiger charge is -2.40. The van der Waals surface area contributed by atoms with Crippen LogP contribution in [0.2, 0.25) is 0 Å². The number of allylic oxidation sites excluding steroid dienone is 2. The lowest BCUT2D eigenvalue weighted by molar-refractivity contribution is 0.120. The highest BCUT2D eigenvalue weighted by Gasteiger charge is 2.48. The predicted molar refractivity (Wildman–Crippen MR) is 61.4 cm³/mol. The molecule has 0 saturated carbocycles. The molecule has 0 N–H and O–H groups in total. The maximum atomic E-state index is 9.38. The summed E-state index contributed by atoms with van der Waals surface area (Å²) in [4.78, 5) is 2.35. The van der Waals surface area contributed by atoms with Crippen molar-refractivity contribution in [3.05, 3.63) is 11.1 Å². The van der Waals surface area contributed by atoms with Crippen LogP contribution in [0.15, 0.2) is 11.1 Å². The number of fused-ring (bicyclic) bond motifs is 2. The van der Waals surface area contributed by atoms with Crippen molar-refractivity contribution >= 4 is 11.6 Å². The van der Waals surface area contributed by atoms with Crippen molar-refractivity contribution in [3.63, 3.8) is 0 Å². The summed E-state index contributed by atoms with van der Waals surface area (Å²) in [5.74, 6) is 0. The van der Waals surface area contributed by atoms with Gasteiger partial charge >= 0.3 is 0 Å². The zero-order valence-electron chi connectivity index (χ0n) is 9.28. The molecule has 2 unspecified atom stereocenters. The second-order valence-corrected chi connectivity index (χ2v) is 5.18. The Balaban J connectivity index is 2.30. The highest BCUT2D eigenvalue weighted by atomic mass is 35.5. The molecule has 3 nitrogen and oxygen atoms in total. The van der Waals surface area contributed by atoms with Gasteiger partial charge in [0.05, 0.1) is 17.6 Å². The van der Waals surface area contributed by atoms with Crippen LogP contribution in [0.3, 0.4) is 0 Å². The summed E-state index contributed by atoms with van der Waals surface area (Å²) >= 11 is 6.12. The topological polar surface area (TPSA) is 50.8 Å². The van der Waals surface area contributed by atoms with Gasteiger partial charge in [0.1, 0.15) is 0 Å². The van der Waals surface area contributed by atoms with Gasteiger partial charge in [-0.1, -0.05) is 11.6 Å². The quantitative estimate of drug-likeness (QED) is 0.656. The smallest absolute Gasteiger partial charge is 0.0965 e. The maximum Gasteiger partial charge on any atom is 0.0965 e. The largest absolute Gasteiger partial charge is 0.300 e. The van der Waals surface area contributed by atoms with Crippen LogP contribution in [0.25, 0.3) is 0 Å². The Kier molecular flexibility index (Phi) is 2.93. The van der Waals surface area contributed by atoms with Crippen molar-refractivity contribution in [2.75, 3.05) is 7.05 Å². The summed E-state index contributed by atoms with van der Waals surface area (Å²) in [5.41, 5.74) is -0.615. The molecule has 84 valence electrons. The Labute approximate surface area is 101 Å². The normalized spacial score (nSPS) is 39.1. The molecule has 0 aromatic heterocycles. The van der Waals surface area contributed by atoms with Crippen molar-refractivity contribution in [3.8, 4) is 12.1 Å². The first-order chi connectivity index (χ1) is 7.63. The van der Waals surface area contributed by atoms with E-state index in [0.717, 1.165) is 25.7 Å². The molecule has 0 radical (unpaired) electrons. The fourth-order valence-corrected chi connectivity index (χ4v) is 3.25. The molecule has 0 spiro atoms. The van der Waals surface area contributed by atoms with Crippen molar-refractivity contribution < 1.29 is 0 Å².